The van der Waals surface area contributed by atoms with Crippen molar-refractivity contribution >= 4 is 5.91 Å². The predicted molar refractivity (Wildman–Crippen MR) is 87.2 cm³/mol. The molecule has 0 spiro atoms. The Bertz CT molecular complexity index is 730. The van der Waals surface area contributed by atoms with Crippen LogP contribution in [-0.4, -0.2) is 29.1 Å². The fourth-order valence-corrected chi connectivity index (χ4v) is 3.00. The molecule has 0 aromatic carbocycles. The van der Waals surface area contributed by atoms with Gasteiger partial charge in [0.05, 0.1) is 11.6 Å². The lowest BCUT2D eigenvalue weighted by molar-refractivity contribution is -0.141. The van der Waals surface area contributed by atoms with Crippen molar-refractivity contribution in [1.29, 1.82) is 0 Å². The number of aromatic nitrogens is 2. The molecule has 1 fully saturated rings. The Labute approximate surface area is 148 Å². The molecule has 3 rings (SSSR count). The zero-order valence-electron chi connectivity index (χ0n) is 13.9. The number of carbonyl (C=O) groups excluding carboxylic acids is 1. The van der Waals surface area contributed by atoms with Crippen molar-refractivity contribution in [3.63, 3.8) is 0 Å². The van der Waals surface area contributed by atoms with Crippen LogP contribution < -0.4 is 5.32 Å². The van der Waals surface area contributed by atoms with Gasteiger partial charge in [0.25, 0.3) is 5.91 Å². The number of rotatable bonds is 4. The third-order valence-corrected chi connectivity index (χ3v) is 4.38. The molecule has 0 bridgehead atoms. The Hall–Kier alpha value is -2.48. The highest BCUT2D eigenvalue weighted by atomic mass is 19.4. The molecule has 26 heavy (non-hydrogen) atoms. The van der Waals surface area contributed by atoms with E-state index in [1.807, 2.05) is 6.07 Å². The molecule has 1 aliphatic rings. The second kappa shape index (κ2) is 7.82. The molecule has 5 nitrogen and oxygen atoms in total. The van der Waals surface area contributed by atoms with Crippen LogP contribution in [0.15, 0.2) is 42.9 Å². The van der Waals surface area contributed by atoms with E-state index in [9.17, 15) is 18.0 Å². The minimum Gasteiger partial charge on any atom is -0.381 e. The summed E-state index contributed by atoms with van der Waals surface area (Å²) in [5, 5.41) is 2.92. The molecule has 138 valence electrons. The highest BCUT2D eigenvalue weighted by molar-refractivity contribution is 5.94. The molecule has 1 N–H and O–H groups in total. The number of carbonyl (C=O) groups is 1. The molecule has 1 aliphatic heterocycles. The van der Waals surface area contributed by atoms with Crippen LogP contribution in [0.3, 0.4) is 0 Å². The third kappa shape index (κ3) is 4.37. The number of nitrogens with one attached hydrogen (secondary N) is 1. The summed E-state index contributed by atoms with van der Waals surface area (Å²) in [4.78, 5) is 20.0. The summed E-state index contributed by atoms with van der Waals surface area (Å²) in [6.07, 6.45) is 1.31. The second-order valence-corrected chi connectivity index (χ2v) is 6.12. The van der Waals surface area contributed by atoms with Crippen LogP contribution in [0.5, 0.6) is 0 Å². The maximum atomic E-state index is 12.6. The smallest absolute Gasteiger partial charge is 0.381 e. The minimum atomic E-state index is -4.53. The Morgan fingerprint density at radius 3 is 2.54 bits per heavy atom. The molecule has 1 saturated heterocycles. The molecular formula is C18H18F3N3O2. The number of ether oxygens (including phenoxy) is 1. The van der Waals surface area contributed by atoms with Crippen molar-refractivity contribution < 1.29 is 22.7 Å². The van der Waals surface area contributed by atoms with Crippen LogP contribution in [0.2, 0.25) is 0 Å². The molecule has 3 heterocycles. The topological polar surface area (TPSA) is 64.1 Å². The lowest BCUT2D eigenvalue weighted by atomic mass is 9.87. The second-order valence-electron chi connectivity index (χ2n) is 6.12. The predicted octanol–water partition coefficient (Wildman–Crippen LogP) is 3.39. The SMILES string of the molecule is O=C(NC(c1cccnc1)C1CCOCC1)c1ccc(C(F)(F)F)nc1. The van der Waals surface area contributed by atoms with Gasteiger partial charge in [-0.1, -0.05) is 6.07 Å². The first-order valence-electron chi connectivity index (χ1n) is 8.27. The summed E-state index contributed by atoms with van der Waals surface area (Å²) in [5.74, 6) is -0.300. The zero-order valence-corrected chi connectivity index (χ0v) is 13.9. The van der Waals surface area contributed by atoms with Crippen molar-refractivity contribution in [2.45, 2.75) is 25.1 Å². The Balaban J connectivity index is 1.78. The average molecular weight is 365 g/mol. The van der Waals surface area contributed by atoms with Gasteiger partial charge >= 0.3 is 6.18 Å². The van der Waals surface area contributed by atoms with Crippen LogP contribution in [0.25, 0.3) is 0 Å². The van der Waals surface area contributed by atoms with E-state index in [1.165, 1.54) is 0 Å². The Kier molecular flexibility index (Phi) is 5.51. The van der Waals surface area contributed by atoms with Gasteiger partial charge < -0.3 is 10.1 Å². The van der Waals surface area contributed by atoms with Gasteiger partial charge in [0.15, 0.2) is 0 Å². The molecule has 0 radical (unpaired) electrons. The monoisotopic (exact) mass is 365 g/mol. The number of pyridine rings is 2. The van der Waals surface area contributed by atoms with Gasteiger partial charge in [0.2, 0.25) is 0 Å². The van der Waals surface area contributed by atoms with E-state index in [0.29, 0.717) is 13.2 Å². The number of nitrogens with zero attached hydrogens (tertiary/aromatic N) is 2. The van der Waals surface area contributed by atoms with E-state index in [-0.39, 0.29) is 17.5 Å². The number of halogens is 3. The number of hydrogen-bond donors (Lipinski definition) is 1. The van der Waals surface area contributed by atoms with E-state index >= 15 is 0 Å². The highest BCUT2D eigenvalue weighted by Crippen LogP contribution is 2.30. The van der Waals surface area contributed by atoms with E-state index in [1.54, 1.807) is 18.5 Å². The summed E-state index contributed by atoms with van der Waals surface area (Å²) >= 11 is 0. The molecule has 2 aromatic heterocycles. The van der Waals surface area contributed by atoms with Crippen molar-refractivity contribution in [2.24, 2.45) is 5.92 Å². The fourth-order valence-electron chi connectivity index (χ4n) is 3.00. The largest absolute Gasteiger partial charge is 0.433 e. The van der Waals surface area contributed by atoms with Gasteiger partial charge in [0, 0.05) is 31.8 Å². The van der Waals surface area contributed by atoms with Crippen LogP contribution in [0, 0.1) is 5.92 Å². The minimum absolute atomic E-state index is 0.0824. The van der Waals surface area contributed by atoms with E-state index in [4.69, 9.17) is 4.74 Å². The van der Waals surface area contributed by atoms with Crippen molar-refractivity contribution in [2.75, 3.05) is 13.2 Å². The Morgan fingerprint density at radius 2 is 1.96 bits per heavy atom. The maximum Gasteiger partial charge on any atom is 0.433 e. The molecule has 1 unspecified atom stereocenters. The third-order valence-electron chi connectivity index (χ3n) is 4.38. The quantitative estimate of drug-likeness (QED) is 0.902. The van der Waals surface area contributed by atoms with Crippen molar-refractivity contribution in [3.05, 3.63) is 59.7 Å². The summed E-state index contributed by atoms with van der Waals surface area (Å²) < 4.78 is 43.2. The van der Waals surface area contributed by atoms with Crippen LogP contribution in [-0.2, 0) is 10.9 Å². The number of alkyl halides is 3. The first kappa shape index (κ1) is 18.3. The summed E-state index contributed by atoms with van der Waals surface area (Å²) in [5.41, 5.74) is -0.0890. The summed E-state index contributed by atoms with van der Waals surface area (Å²) in [7, 11) is 0. The van der Waals surface area contributed by atoms with Gasteiger partial charge in [-0.3, -0.25) is 14.8 Å². The van der Waals surface area contributed by atoms with Gasteiger partial charge in [-0.2, -0.15) is 13.2 Å². The highest BCUT2D eigenvalue weighted by Gasteiger charge is 2.32. The van der Waals surface area contributed by atoms with E-state index < -0.39 is 17.8 Å². The lowest BCUT2D eigenvalue weighted by Gasteiger charge is -2.31. The van der Waals surface area contributed by atoms with Crippen LogP contribution in [0.4, 0.5) is 13.2 Å². The van der Waals surface area contributed by atoms with Gasteiger partial charge in [-0.15, -0.1) is 0 Å². The molecule has 0 saturated carbocycles. The van der Waals surface area contributed by atoms with Crippen LogP contribution >= 0.6 is 0 Å². The molecule has 8 heteroatoms. The summed E-state index contributed by atoms with van der Waals surface area (Å²) in [6, 6.07) is 5.31. The van der Waals surface area contributed by atoms with E-state index in [0.717, 1.165) is 36.7 Å². The van der Waals surface area contributed by atoms with Gasteiger partial charge in [-0.05, 0) is 42.5 Å². The van der Waals surface area contributed by atoms with E-state index in [2.05, 4.69) is 15.3 Å². The first-order chi connectivity index (χ1) is 12.4. The standard InChI is InChI=1S/C18H18F3N3O2/c19-18(20,21)15-4-3-14(11-23-15)17(25)24-16(12-5-8-26-9-6-12)13-2-1-7-22-10-13/h1-4,7,10-12,16H,5-6,8-9H2,(H,24,25). The first-order valence-corrected chi connectivity index (χ1v) is 8.27. The maximum absolute atomic E-state index is 12.6. The molecule has 1 atom stereocenters. The van der Waals surface area contributed by atoms with Crippen molar-refractivity contribution in [3.8, 4) is 0 Å². The zero-order chi connectivity index (χ0) is 18.6. The number of hydrogen-bond acceptors (Lipinski definition) is 4. The van der Waals surface area contributed by atoms with Gasteiger partial charge in [-0.25, -0.2) is 0 Å². The number of amides is 1. The molecular weight excluding hydrogens is 347 g/mol. The fraction of sp³-hybridized carbons (Fsp3) is 0.389. The van der Waals surface area contributed by atoms with Crippen LogP contribution in [0.1, 0.15) is 40.5 Å². The van der Waals surface area contributed by atoms with Crippen molar-refractivity contribution in [1.82, 2.24) is 15.3 Å². The lowest BCUT2D eigenvalue weighted by Crippen LogP contribution is -2.36. The molecule has 0 aliphatic carbocycles. The Morgan fingerprint density at radius 1 is 1.19 bits per heavy atom. The molecule has 2 aromatic rings. The summed E-state index contributed by atoms with van der Waals surface area (Å²) in [6.45, 7) is 1.22. The normalized spacial score (nSPS) is 16.9. The van der Waals surface area contributed by atoms with Gasteiger partial charge in [0.1, 0.15) is 5.69 Å². The average Bonchev–Trinajstić information content (AvgIpc) is 2.67. The molecule has 1 amide bonds.